The lowest BCUT2D eigenvalue weighted by Gasteiger charge is -2.46. The molecule has 32 heavy (non-hydrogen) atoms. The molecule has 170 valence electrons. The smallest absolute Gasteiger partial charge is 0.290 e. The van der Waals surface area contributed by atoms with Gasteiger partial charge >= 0.3 is 0 Å². The first-order valence-electron chi connectivity index (χ1n) is 10.4. The number of amides is 2. The number of nitrogens with zero attached hydrogens (tertiary/aromatic N) is 2. The summed E-state index contributed by atoms with van der Waals surface area (Å²) >= 11 is 0. The summed E-state index contributed by atoms with van der Waals surface area (Å²) < 4.78 is 1.62. The van der Waals surface area contributed by atoms with E-state index in [0.717, 1.165) is 23.2 Å². The molecule has 2 amide bonds. The molecule has 3 N–H and O–H groups in total. The summed E-state index contributed by atoms with van der Waals surface area (Å²) in [6, 6.07) is 11.8. The second kappa shape index (κ2) is 10.2. The average Bonchev–Trinajstić information content (AvgIpc) is 2.79. The highest BCUT2D eigenvalue weighted by atomic mass is 16.3. The van der Waals surface area contributed by atoms with Crippen molar-refractivity contribution < 1.29 is 24.6 Å². The third-order valence-electron chi connectivity index (χ3n) is 6.00. The highest BCUT2D eigenvalue weighted by molar-refractivity contribution is 5.81. The van der Waals surface area contributed by atoms with Crippen molar-refractivity contribution >= 4 is 18.3 Å². The van der Waals surface area contributed by atoms with Gasteiger partial charge in [0.25, 0.3) is 12.0 Å². The van der Waals surface area contributed by atoms with Gasteiger partial charge in [-0.3, -0.25) is 23.7 Å². The molecule has 0 radical (unpaired) electrons. The quantitative estimate of drug-likeness (QED) is 0.604. The number of hydrogen-bond acceptors (Lipinski definition) is 5. The van der Waals surface area contributed by atoms with Gasteiger partial charge in [-0.25, -0.2) is 0 Å². The van der Waals surface area contributed by atoms with E-state index < -0.39 is 6.04 Å². The van der Waals surface area contributed by atoms with Crippen LogP contribution < -0.4 is 10.9 Å². The molecule has 3 atom stereocenters. The summed E-state index contributed by atoms with van der Waals surface area (Å²) in [7, 11) is 0. The van der Waals surface area contributed by atoms with Gasteiger partial charge in [0.1, 0.15) is 6.04 Å². The molecule has 2 bridgehead atoms. The fourth-order valence-electron chi connectivity index (χ4n) is 4.66. The van der Waals surface area contributed by atoms with Gasteiger partial charge in [-0.2, -0.15) is 0 Å². The van der Waals surface area contributed by atoms with Crippen LogP contribution in [0.15, 0.2) is 47.3 Å². The highest BCUT2D eigenvalue weighted by Gasteiger charge is 2.44. The van der Waals surface area contributed by atoms with Gasteiger partial charge < -0.3 is 20.4 Å². The van der Waals surface area contributed by atoms with Gasteiger partial charge in [0, 0.05) is 50.2 Å². The SMILES string of the molecule is CC(=O)N1C[C@H]2C[C@@H](C1)[C@H](C(=O)NCc1cccc(CO)c1)n1c2cccc1=O.O=CO. The van der Waals surface area contributed by atoms with Gasteiger partial charge in [0.15, 0.2) is 0 Å². The second-order valence-corrected chi connectivity index (χ2v) is 8.02. The van der Waals surface area contributed by atoms with E-state index in [1.54, 1.807) is 22.5 Å². The maximum absolute atomic E-state index is 13.2. The van der Waals surface area contributed by atoms with Crippen LogP contribution in [0.1, 0.15) is 42.1 Å². The number of piperidine rings is 1. The Bertz CT molecular complexity index is 1050. The maximum atomic E-state index is 13.2. The largest absolute Gasteiger partial charge is 0.483 e. The van der Waals surface area contributed by atoms with Gasteiger partial charge in [-0.15, -0.1) is 0 Å². The minimum Gasteiger partial charge on any atom is -0.483 e. The van der Waals surface area contributed by atoms with Gasteiger partial charge in [0.05, 0.1) is 6.61 Å². The zero-order valence-electron chi connectivity index (χ0n) is 17.8. The molecule has 3 heterocycles. The van der Waals surface area contributed by atoms with Crippen molar-refractivity contribution in [2.75, 3.05) is 13.1 Å². The molecule has 9 heteroatoms. The number of fused-ring (bicyclic) bond motifs is 4. The van der Waals surface area contributed by atoms with Crippen molar-refractivity contribution in [2.24, 2.45) is 5.92 Å². The second-order valence-electron chi connectivity index (χ2n) is 8.02. The number of carboxylic acid groups (broad SMARTS) is 1. The Morgan fingerprint density at radius 2 is 1.84 bits per heavy atom. The molecule has 4 rings (SSSR count). The Morgan fingerprint density at radius 3 is 2.53 bits per heavy atom. The summed E-state index contributed by atoms with van der Waals surface area (Å²) in [6.07, 6.45) is 0.783. The van der Waals surface area contributed by atoms with Crippen LogP contribution in [0.25, 0.3) is 0 Å². The number of aromatic nitrogens is 1. The Labute approximate surface area is 185 Å². The summed E-state index contributed by atoms with van der Waals surface area (Å²) in [5, 5.41) is 19.1. The van der Waals surface area contributed by atoms with Gasteiger partial charge in [-0.1, -0.05) is 30.3 Å². The number of carbonyl (C=O) groups is 3. The van der Waals surface area contributed by atoms with Crippen LogP contribution in [0.5, 0.6) is 0 Å². The highest BCUT2D eigenvalue weighted by Crippen LogP contribution is 2.41. The van der Waals surface area contributed by atoms with Crippen molar-refractivity contribution in [3.05, 3.63) is 69.6 Å². The Balaban J connectivity index is 0.000000913. The molecule has 2 aliphatic rings. The number of hydrogen-bond donors (Lipinski definition) is 3. The molecular formula is C23H27N3O6. The maximum Gasteiger partial charge on any atom is 0.290 e. The molecule has 0 unspecified atom stereocenters. The lowest BCUT2D eigenvalue weighted by Crippen LogP contribution is -2.54. The van der Waals surface area contributed by atoms with E-state index >= 15 is 0 Å². The number of benzene rings is 1. The Morgan fingerprint density at radius 1 is 1.16 bits per heavy atom. The minimum atomic E-state index is -0.641. The Hall–Kier alpha value is -3.46. The summed E-state index contributed by atoms with van der Waals surface area (Å²) in [4.78, 5) is 48.0. The van der Waals surface area contributed by atoms with E-state index in [0.29, 0.717) is 19.6 Å². The molecule has 0 spiro atoms. The van der Waals surface area contributed by atoms with E-state index in [1.165, 1.54) is 6.07 Å². The van der Waals surface area contributed by atoms with Crippen molar-refractivity contribution in [3.63, 3.8) is 0 Å². The monoisotopic (exact) mass is 441 g/mol. The number of aliphatic hydroxyl groups is 1. The van der Waals surface area contributed by atoms with Gasteiger partial charge in [0.2, 0.25) is 11.8 Å². The van der Waals surface area contributed by atoms with Crippen LogP contribution in [0, 0.1) is 5.92 Å². The zero-order chi connectivity index (χ0) is 23.3. The molecule has 1 saturated heterocycles. The first-order chi connectivity index (χ1) is 15.4. The number of pyridine rings is 1. The van der Waals surface area contributed by atoms with Crippen molar-refractivity contribution in [1.82, 2.24) is 14.8 Å². The number of nitrogens with one attached hydrogen (secondary N) is 1. The normalized spacial score (nSPS) is 20.9. The summed E-state index contributed by atoms with van der Waals surface area (Å²) in [6.45, 7) is 2.61. The van der Waals surface area contributed by atoms with Crippen LogP contribution in [-0.4, -0.2) is 51.1 Å². The molecular weight excluding hydrogens is 414 g/mol. The van der Waals surface area contributed by atoms with Crippen molar-refractivity contribution in [3.8, 4) is 0 Å². The zero-order valence-corrected chi connectivity index (χ0v) is 17.8. The van der Waals surface area contributed by atoms with E-state index in [-0.39, 0.29) is 42.3 Å². The fraction of sp³-hybridized carbons (Fsp3) is 0.391. The molecule has 9 nitrogen and oxygen atoms in total. The standard InChI is InChI=1S/C22H25N3O4.CH2O2/c1-14(27)24-11-17-9-18(12-24)21(25-19(17)6-3-7-20(25)28)22(29)23-10-15-4-2-5-16(8-15)13-26;2-1-3/h2-8,17-18,21,26H,9-13H2,1H3,(H,23,29);1H,(H,2,3)/t17-,18+,21-;/m1./s1. The average molecular weight is 441 g/mol. The lowest BCUT2D eigenvalue weighted by atomic mass is 9.78. The predicted octanol–water partition coefficient (Wildman–Crippen LogP) is 0.864. The van der Waals surface area contributed by atoms with Crippen LogP contribution >= 0.6 is 0 Å². The topological polar surface area (TPSA) is 129 Å². The molecule has 0 aliphatic carbocycles. The van der Waals surface area contributed by atoms with Crippen LogP contribution in [0.4, 0.5) is 0 Å². The van der Waals surface area contributed by atoms with E-state index in [1.807, 2.05) is 30.3 Å². The van der Waals surface area contributed by atoms with E-state index in [9.17, 15) is 19.5 Å². The molecule has 2 aromatic rings. The molecule has 1 fully saturated rings. The van der Waals surface area contributed by atoms with Crippen LogP contribution in [-0.2, 0) is 27.5 Å². The third-order valence-corrected chi connectivity index (χ3v) is 6.00. The number of carbonyl (C=O) groups excluding carboxylic acids is 2. The Kier molecular flexibility index (Phi) is 7.42. The molecule has 1 aromatic heterocycles. The molecule has 2 aliphatic heterocycles. The van der Waals surface area contributed by atoms with Crippen LogP contribution in [0.3, 0.4) is 0 Å². The molecule has 1 aromatic carbocycles. The van der Waals surface area contributed by atoms with E-state index in [4.69, 9.17) is 9.90 Å². The molecule has 0 saturated carbocycles. The third kappa shape index (κ3) is 4.88. The van der Waals surface area contributed by atoms with Gasteiger partial charge in [-0.05, 0) is 23.6 Å². The predicted molar refractivity (Wildman–Crippen MR) is 116 cm³/mol. The summed E-state index contributed by atoms with van der Waals surface area (Å²) in [5.41, 5.74) is 2.30. The number of rotatable bonds is 4. The van der Waals surface area contributed by atoms with Crippen LogP contribution in [0.2, 0.25) is 0 Å². The minimum absolute atomic E-state index is 0.00796. The summed E-state index contributed by atoms with van der Waals surface area (Å²) in [5.74, 6) is -0.264. The first-order valence-corrected chi connectivity index (χ1v) is 10.4. The number of likely N-dealkylation sites (tertiary alicyclic amines) is 1. The fourth-order valence-corrected chi connectivity index (χ4v) is 4.66. The lowest BCUT2D eigenvalue weighted by molar-refractivity contribution is -0.135. The van der Waals surface area contributed by atoms with Crippen molar-refractivity contribution in [2.45, 2.75) is 38.5 Å². The van der Waals surface area contributed by atoms with E-state index in [2.05, 4.69) is 5.32 Å². The number of aliphatic hydroxyl groups excluding tert-OH is 1. The van der Waals surface area contributed by atoms with Crippen molar-refractivity contribution in [1.29, 1.82) is 0 Å². The first kappa shape index (κ1) is 23.2.